The molecule has 156 valence electrons. The highest BCUT2D eigenvalue weighted by molar-refractivity contribution is 6.03. The number of Topliss-reactive ketones (excluding diaryl/α,β-unsaturated/α-hetero) is 1. The molecule has 0 aliphatic rings. The van der Waals surface area contributed by atoms with E-state index >= 15 is 0 Å². The van der Waals surface area contributed by atoms with Crippen LogP contribution in [0.2, 0.25) is 0 Å². The fraction of sp³-hybridized carbons (Fsp3) is 0.409. The van der Waals surface area contributed by atoms with E-state index in [1.165, 1.54) is 6.92 Å². The normalized spacial score (nSPS) is 11.6. The molecule has 2 aromatic rings. The molecule has 2 rings (SSSR count). The third kappa shape index (κ3) is 5.47. The molecule has 1 aromatic carbocycles. The summed E-state index contributed by atoms with van der Waals surface area (Å²) in [5.74, 6) is -0.594. The molecular formula is C22H27NO6. The fourth-order valence-electron chi connectivity index (χ4n) is 3.06. The van der Waals surface area contributed by atoms with Crippen molar-refractivity contribution in [1.82, 2.24) is 4.98 Å². The lowest BCUT2D eigenvalue weighted by Crippen LogP contribution is -2.25. The second-order valence-electron chi connectivity index (χ2n) is 6.69. The van der Waals surface area contributed by atoms with Crippen molar-refractivity contribution in [2.24, 2.45) is 0 Å². The Morgan fingerprint density at radius 3 is 2.34 bits per heavy atom. The zero-order valence-corrected chi connectivity index (χ0v) is 17.5. The Kier molecular flexibility index (Phi) is 7.59. The number of ketones is 1. The average molecular weight is 401 g/mol. The fourth-order valence-corrected chi connectivity index (χ4v) is 3.06. The molecule has 0 saturated carbocycles. The van der Waals surface area contributed by atoms with Crippen LogP contribution in [0, 0.1) is 13.8 Å². The van der Waals surface area contributed by atoms with Gasteiger partial charge in [-0.15, -0.1) is 0 Å². The summed E-state index contributed by atoms with van der Waals surface area (Å²) in [6.07, 6.45) is -0.317. The minimum absolute atomic E-state index is 0.154. The number of carbonyl (C=O) groups excluding carboxylic acids is 3. The third-order valence-corrected chi connectivity index (χ3v) is 4.62. The van der Waals surface area contributed by atoms with Gasteiger partial charge in [0, 0.05) is 12.1 Å². The number of carbonyl (C=O) groups is 3. The van der Waals surface area contributed by atoms with Gasteiger partial charge in [0.1, 0.15) is 5.75 Å². The molecule has 0 aliphatic carbocycles. The van der Waals surface area contributed by atoms with Crippen LogP contribution in [-0.4, -0.2) is 42.5 Å². The minimum Gasteiger partial charge on any atom is -0.497 e. The van der Waals surface area contributed by atoms with E-state index in [1.54, 1.807) is 27.9 Å². The maximum absolute atomic E-state index is 12.7. The summed E-state index contributed by atoms with van der Waals surface area (Å²) in [4.78, 5) is 39.9. The zero-order chi connectivity index (χ0) is 21.6. The van der Waals surface area contributed by atoms with E-state index in [1.807, 2.05) is 24.3 Å². The Bertz CT molecular complexity index is 881. The van der Waals surface area contributed by atoms with Crippen LogP contribution in [0.4, 0.5) is 0 Å². The van der Waals surface area contributed by atoms with Crippen molar-refractivity contribution in [2.75, 3.05) is 13.7 Å². The number of ether oxygens (including phenoxy) is 3. The van der Waals surface area contributed by atoms with Gasteiger partial charge in [-0.2, -0.15) is 0 Å². The first kappa shape index (κ1) is 22.2. The smallest absolute Gasteiger partial charge is 0.340 e. The van der Waals surface area contributed by atoms with Gasteiger partial charge in [0.15, 0.2) is 6.10 Å². The van der Waals surface area contributed by atoms with Crippen molar-refractivity contribution in [3.8, 4) is 5.75 Å². The number of aromatic amines is 1. The van der Waals surface area contributed by atoms with E-state index in [4.69, 9.17) is 14.2 Å². The molecule has 7 nitrogen and oxygen atoms in total. The number of nitrogens with one attached hydrogen (secondary N) is 1. The van der Waals surface area contributed by atoms with Crippen LogP contribution in [0.1, 0.15) is 57.9 Å². The summed E-state index contributed by atoms with van der Waals surface area (Å²) in [7, 11) is 1.59. The highest BCUT2D eigenvalue weighted by Crippen LogP contribution is 2.21. The monoisotopic (exact) mass is 401 g/mol. The quantitative estimate of drug-likeness (QED) is 0.510. The van der Waals surface area contributed by atoms with Crippen LogP contribution in [0.15, 0.2) is 24.3 Å². The molecule has 1 heterocycles. The van der Waals surface area contributed by atoms with E-state index in [0.29, 0.717) is 23.2 Å². The topological polar surface area (TPSA) is 94.7 Å². The lowest BCUT2D eigenvalue weighted by atomic mass is 10.1. The van der Waals surface area contributed by atoms with Crippen LogP contribution in [0.3, 0.4) is 0 Å². The standard InChI is InChI=1S/C22H27NO6/c1-6-28-22(26)19-13(2)20(23-14(19)3)21(25)15(4)29-18(24)12-9-16-7-10-17(27-5)11-8-16/h7-8,10-11,15,23H,6,9,12H2,1-5H3/t15-/m1/s1. The molecule has 0 radical (unpaired) electrons. The number of hydrogen-bond donors (Lipinski definition) is 1. The summed E-state index contributed by atoms with van der Waals surface area (Å²) in [6.45, 7) is 6.85. The van der Waals surface area contributed by atoms with Crippen molar-refractivity contribution in [3.05, 3.63) is 52.3 Å². The van der Waals surface area contributed by atoms with E-state index < -0.39 is 18.0 Å². The zero-order valence-electron chi connectivity index (χ0n) is 17.5. The number of aryl methyl sites for hydroxylation is 2. The van der Waals surface area contributed by atoms with Crippen molar-refractivity contribution in [3.63, 3.8) is 0 Å². The molecule has 0 saturated heterocycles. The molecule has 0 aliphatic heterocycles. The van der Waals surface area contributed by atoms with E-state index in [0.717, 1.165) is 11.3 Å². The molecule has 0 amide bonds. The first-order valence-electron chi connectivity index (χ1n) is 9.51. The molecule has 0 unspecified atom stereocenters. The van der Waals surface area contributed by atoms with Crippen molar-refractivity contribution >= 4 is 17.7 Å². The number of hydrogen-bond acceptors (Lipinski definition) is 6. The predicted molar refractivity (Wildman–Crippen MR) is 107 cm³/mol. The summed E-state index contributed by atoms with van der Waals surface area (Å²) >= 11 is 0. The largest absolute Gasteiger partial charge is 0.497 e. The molecule has 1 N–H and O–H groups in total. The summed E-state index contributed by atoms with van der Waals surface area (Å²) < 4.78 is 15.4. The highest BCUT2D eigenvalue weighted by atomic mass is 16.5. The molecule has 29 heavy (non-hydrogen) atoms. The first-order chi connectivity index (χ1) is 13.8. The van der Waals surface area contributed by atoms with Crippen molar-refractivity contribution in [1.29, 1.82) is 0 Å². The van der Waals surface area contributed by atoms with Gasteiger partial charge in [-0.1, -0.05) is 12.1 Å². The SMILES string of the molecule is CCOC(=O)c1c(C)[nH]c(C(=O)[C@@H](C)OC(=O)CCc2ccc(OC)cc2)c1C. The molecule has 0 bridgehead atoms. The Hall–Kier alpha value is -3.09. The molecular weight excluding hydrogens is 374 g/mol. The highest BCUT2D eigenvalue weighted by Gasteiger charge is 2.27. The van der Waals surface area contributed by atoms with Gasteiger partial charge in [-0.05, 0) is 57.4 Å². The maximum Gasteiger partial charge on any atom is 0.340 e. The Labute approximate surface area is 170 Å². The number of rotatable bonds is 9. The van der Waals surface area contributed by atoms with Crippen LogP contribution in [0.5, 0.6) is 5.75 Å². The summed E-state index contributed by atoms with van der Waals surface area (Å²) in [6, 6.07) is 7.40. The Morgan fingerprint density at radius 2 is 1.76 bits per heavy atom. The molecule has 7 heteroatoms. The third-order valence-electron chi connectivity index (χ3n) is 4.62. The number of methoxy groups -OCH3 is 1. The number of aromatic nitrogens is 1. The van der Waals surface area contributed by atoms with Crippen LogP contribution >= 0.6 is 0 Å². The van der Waals surface area contributed by atoms with Crippen molar-refractivity contribution in [2.45, 2.75) is 46.6 Å². The lowest BCUT2D eigenvalue weighted by Gasteiger charge is -2.12. The molecule has 0 fully saturated rings. The Morgan fingerprint density at radius 1 is 1.10 bits per heavy atom. The van der Waals surface area contributed by atoms with E-state index in [9.17, 15) is 14.4 Å². The van der Waals surface area contributed by atoms with Gasteiger partial charge in [0.2, 0.25) is 5.78 Å². The number of esters is 2. The summed E-state index contributed by atoms with van der Waals surface area (Å²) in [5, 5.41) is 0. The average Bonchev–Trinajstić information content (AvgIpc) is 3.00. The second-order valence-corrected chi connectivity index (χ2v) is 6.69. The molecule has 0 spiro atoms. The van der Waals surface area contributed by atoms with Gasteiger partial charge in [-0.25, -0.2) is 4.79 Å². The number of H-pyrrole nitrogens is 1. The van der Waals surface area contributed by atoms with Crippen LogP contribution in [-0.2, 0) is 20.7 Å². The molecule has 1 atom stereocenters. The number of benzene rings is 1. The first-order valence-corrected chi connectivity index (χ1v) is 9.51. The van der Waals surface area contributed by atoms with Gasteiger partial charge >= 0.3 is 11.9 Å². The Balaban J connectivity index is 1.98. The van der Waals surface area contributed by atoms with Gasteiger partial charge in [-0.3, -0.25) is 9.59 Å². The summed E-state index contributed by atoms with van der Waals surface area (Å²) in [5.41, 5.74) is 2.60. The second kappa shape index (κ2) is 9.91. The van der Waals surface area contributed by atoms with Crippen LogP contribution < -0.4 is 4.74 Å². The van der Waals surface area contributed by atoms with Gasteiger partial charge < -0.3 is 19.2 Å². The van der Waals surface area contributed by atoms with E-state index in [-0.39, 0.29) is 24.5 Å². The predicted octanol–water partition coefficient (Wildman–Crippen LogP) is 3.56. The van der Waals surface area contributed by atoms with Crippen molar-refractivity contribution < 1.29 is 28.6 Å². The van der Waals surface area contributed by atoms with Crippen LogP contribution in [0.25, 0.3) is 0 Å². The maximum atomic E-state index is 12.7. The van der Waals surface area contributed by atoms with Gasteiger partial charge in [0.05, 0.1) is 25.0 Å². The van der Waals surface area contributed by atoms with Gasteiger partial charge in [0.25, 0.3) is 0 Å². The lowest BCUT2D eigenvalue weighted by molar-refractivity contribution is -0.146. The van der Waals surface area contributed by atoms with E-state index in [2.05, 4.69) is 4.98 Å². The minimum atomic E-state index is -0.967. The molecule has 1 aromatic heterocycles.